The summed E-state index contributed by atoms with van der Waals surface area (Å²) >= 11 is 0. The van der Waals surface area contributed by atoms with Gasteiger partial charge in [-0.2, -0.15) is 0 Å². The van der Waals surface area contributed by atoms with Crippen molar-refractivity contribution in [3.8, 4) is 28.7 Å². The molecule has 0 saturated carbocycles. The Labute approximate surface area is 213 Å². The third-order valence-electron chi connectivity index (χ3n) is 5.34. The van der Waals surface area contributed by atoms with Gasteiger partial charge in [0, 0.05) is 17.8 Å². The molecule has 0 radical (unpaired) electrons. The van der Waals surface area contributed by atoms with Crippen LogP contribution in [0.4, 0.5) is 14.5 Å². The van der Waals surface area contributed by atoms with E-state index in [1.165, 1.54) is 66.0 Å². The average Bonchev–Trinajstić information content (AvgIpc) is 2.90. The number of halogens is 2. The van der Waals surface area contributed by atoms with Gasteiger partial charge in [0.25, 0.3) is 0 Å². The lowest BCUT2D eigenvalue weighted by Gasteiger charge is -2.13. The molecule has 0 amide bonds. The molecule has 0 aromatic heterocycles. The van der Waals surface area contributed by atoms with Crippen molar-refractivity contribution in [3.63, 3.8) is 0 Å². The van der Waals surface area contributed by atoms with Crippen LogP contribution in [0.25, 0.3) is 12.2 Å². The van der Waals surface area contributed by atoms with E-state index in [1.807, 2.05) is 0 Å². The number of methoxy groups -OCH3 is 5. The topological polar surface area (TPSA) is 75.3 Å². The minimum atomic E-state index is -0.648. The van der Waals surface area contributed by atoms with Crippen LogP contribution in [0.3, 0.4) is 0 Å². The summed E-state index contributed by atoms with van der Waals surface area (Å²) in [6, 6.07) is 10.4. The van der Waals surface area contributed by atoms with E-state index in [0.717, 1.165) is 11.6 Å². The minimum absolute atomic E-state index is 0.0301. The van der Waals surface area contributed by atoms with Gasteiger partial charge in [0.15, 0.2) is 40.4 Å². The Morgan fingerprint density at radius 1 is 0.703 bits per heavy atom. The van der Waals surface area contributed by atoms with Gasteiger partial charge in [-0.25, -0.2) is 8.78 Å². The lowest BCUT2D eigenvalue weighted by Crippen LogP contribution is -2.00. The number of allylic oxidation sites excluding steroid dienone is 1. The van der Waals surface area contributed by atoms with Gasteiger partial charge in [0.05, 0.1) is 41.2 Å². The number of carbonyl (C=O) groups excluding carboxylic acids is 1. The van der Waals surface area contributed by atoms with Crippen molar-refractivity contribution in [2.24, 2.45) is 0 Å². The first-order valence-electron chi connectivity index (χ1n) is 11.0. The van der Waals surface area contributed by atoms with Gasteiger partial charge in [-0.1, -0.05) is 12.2 Å². The average molecular weight is 512 g/mol. The van der Waals surface area contributed by atoms with Crippen LogP contribution in [0, 0.1) is 11.6 Å². The van der Waals surface area contributed by atoms with Gasteiger partial charge >= 0.3 is 0 Å². The second kappa shape index (κ2) is 12.4. The van der Waals surface area contributed by atoms with E-state index in [9.17, 15) is 13.6 Å². The van der Waals surface area contributed by atoms with Crippen LogP contribution in [0.1, 0.15) is 21.5 Å². The summed E-state index contributed by atoms with van der Waals surface area (Å²) in [5, 5.41) is 2.86. The van der Waals surface area contributed by atoms with Crippen molar-refractivity contribution in [3.05, 3.63) is 83.1 Å². The maximum Gasteiger partial charge on any atom is 0.203 e. The summed E-state index contributed by atoms with van der Waals surface area (Å²) < 4.78 is 54.7. The van der Waals surface area contributed by atoms with Crippen molar-refractivity contribution in [2.45, 2.75) is 0 Å². The van der Waals surface area contributed by atoms with E-state index < -0.39 is 17.4 Å². The molecular formula is C28H27F2NO6. The van der Waals surface area contributed by atoms with Crippen LogP contribution >= 0.6 is 0 Å². The van der Waals surface area contributed by atoms with E-state index in [4.69, 9.17) is 23.7 Å². The number of nitrogens with one attached hydrogen (secondary N) is 1. The molecule has 0 spiro atoms. The van der Waals surface area contributed by atoms with Crippen molar-refractivity contribution in [2.75, 3.05) is 40.9 Å². The summed E-state index contributed by atoms with van der Waals surface area (Å²) in [7, 11) is 7.23. The van der Waals surface area contributed by atoms with Crippen molar-refractivity contribution >= 4 is 23.6 Å². The van der Waals surface area contributed by atoms with Crippen LogP contribution in [0.5, 0.6) is 28.7 Å². The summed E-state index contributed by atoms with van der Waals surface area (Å²) in [4.78, 5) is 12.4. The van der Waals surface area contributed by atoms with Gasteiger partial charge in [0.1, 0.15) is 0 Å². The molecule has 9 heteroatoms. The predicted octanol–water partition coefficient (Wildman–Crippen LogP) is 5.99. The van der Waals surface area contributed by atoms with Crippen LogP contribution in [0.2, 0.25) is 0 Å². The molecule has 0 unspecified atom stereocenters. The molecule has 3 rings (SSSR count). The number of ether oxygens (including phenoxy) is 5. The SMILES string of the molecule is COc1ccc(C(=O)/C=C\Nc2cc(/C=C\c3cc(OC)c(OC)c(OC)c3)cc(F)c2OC)cc1F. The molecular weight excluding hydrogens is 484 g/mol. The van der Waals surface area contributed by atoms with Gasteiger partial charge in [-0.3, -0.25) is 4.79 Å². The summed E-state index contributed by atoms with van der Waals surface area (Å²) in [5.74, 6) is -0.269. The standard InChI is InChI=1S/C28H27F2NO6/c1-33-24-9-8-19(16-20(24)29)23(32)10-11-31-22-13-17(12-21(30)27(22)36-4)6-7-18-14-25(34-2)28(37-5)26(15-18)35-3/h6-16,31H,1-5H3/b7-6-,11-10-. The molecule has 3 aromatic rings. The number of hydrogen-bond acceptors (Lipinski definition) is 7. The quantitative estimate of drug-likeness (QED) is 0.193. The zero-order valence-corrected chi connectivity index (χ0v) is 21.1. The normalized spacial score (nSPS) is 11.0. The number of rotatable bonds is 11. The second-order valence-electron chi connectivity index (χ2n) is 7.57. The molecule has 0 bridgehead atoms. The third-order valence-corrected chi connectivity index (χ3v) is 5.34. The minimum Gasteiger partial charge on any atom is -0.494 e. The Balaban J connectivity index is 1.84. The van der Waals surface area contributed by atoms with Crippen LogP contribution in [-0.2, 0) is 0 Å². The molecule has 0 saturated heterocycles. The predicted molar refractivity (Wildman–Crippen MR) is 138 cm³/mol. The molecule has 0 fully saturated rings. The van der Waals surface area contributed by atoms with E-state index in [1.54, 1.807) is 30.4 Å². The lowest BCUT2D eigenvalue weighted by molar-refractivity contribution is 0.104. The van der Waals surface area contributed by atoms with Gasteiger partial charge in [-0.15, -0.1) is 0 Å². The number of anilines is 1. The highest BCUT2D eigenvalue weighted by Gasteiger charge is 2.13. The zero-order valence-electron chi connectivity index (χ0n) is 21.1. The monoisotopic (exact) mass is 511 g/mol. The summed E-state index contributed by atoms with van der Waals surface area (Å²) in [5.41, 5.74) is 1.68. The number of ketones is 1. The fourth-order valence-electron chi connectivity index (χ4n) is 3.54. The number of benzene rings is 3. The Hall–Kier alpha value is -4.53. The first-order chi connectivity index (χ1) is 17.8. The molecule has 0 atom stereocenters. The number of hydrogen-bond donors (Lipinski definition) is 1. The van der Waals surface area contributed by atoms with Gasteiger partial charge in [0.2, 0.25) is 5.75 Å². The maximum absolute atomic E-state index is 14.7. The Morgan fingerprint density at radius 3 is 1.84 bits per heavy atom. The Kier molecular flexibility index (Phi) is 9.10. The summed E-state index contributed by atoms with van der Waals surface area (Å²) in [6.07, 6.45) is 5.99. The molecule has 0 aliphatic carbocycles. The van der Waals surface area contributed by atoms with Gasteiger partial charge in [-0.05, 0) is 53.6 Å². The maximum atomic E-state index is 14.7. The molecule has 0 heterocycles. The fourth-order valence-corrected chi connectivity index (χ4v) is 3.54. The van der Waals surface area contributed by atoms with Crippen LogP contribution < -0.4 is 29.0 Å². The van der Waals surface area contributed by atoms with E-state index in [-0.39, 0.29) is 22.7 Å². The van der Waals surface area contributed by atoms with E-state index in [2.05, 4.69) is 5.32 Å². The Morgan fingerprint density at radius 2 is 1.30 bits per heavy atom. The molecule has 0 aliphatic heterocycles. The molecule has 7 nitrogen and oxygen atoms in total. The molecule has 194 valence electrons. The molecule has 3 aromatic carbocycles. The first-order valence-corrected chi connectivity index (χ1v) is 11.0. The molecule has 37 heavy (non-hydrogen) atoms. The Bertz CT molecular complexity index is 1310. The zero-order chi connectivity index (χ0) is 26.9. The number of carbonyl (C=O) groups is 1. The highest BCUT2D eigenvalue weighted by molar-refractivity contribution is 6.04. The van der Waals surface area contributed by atoms with Gasteiger partial charge < -0.3 is 29.0 Å². The third kappa shape index (κ3) is 6.38. The highest BCUT2D eigenvalue weighted by Crippen LogP contribution is 2.39. The smallest absolute Gasteiger partial charge is 0.203 e. The van der Waals surface area contributed by atoms with Crippen molar-refractivity contribution in [1.29, 1.82) is 0 Å². The molecule has 0 aliphatic rings. The first kappa shape index (κ1) is 27.1. The summed E-state index contributed by atoms with van der Waals surface area (Å²) in [6.45, 7) is 0. The van der Waals surface area contributed by atoms with Crippen molar-refractivity contribution < 1.29 is 37.3 Å². The van der Waals surface area contributed by atoms with Crippen LogP contribution in [0.15, 0.2) is 54.7 Å². The highest BCUT2D eigenvalue weighted by atomic mass is 19.1. The second-order valence-corrected chi connectivity index (χ2v) is 7.57. The van der Waals surface area contributed by atoms with Crippen molar-refractivity contribution in [1.82, 2.24) is 0 Å². The largest absolute Gasteiger partial charge is 0.494 e. The lowest BCUT2D eigenvalue weighted by atomic mass is 10.1. The van der Waals surface area contributed by atoms with E-state index in [0.29, 0.717) is 22.8 Å². The molecule has 1 N–H and O–H groups in total. The van der Waals surface area contributed by atoms with E-state index >= 15 is 0 Å². The van der Waals surface area contributed by atoms with Crippen LogP contribution in [-0.4, -0.2) is 41.3 Å². The fraction of sp³-hybridized carbons (Fsp3) is 0.179.